The minimum Gasteiger partial charge on any atom is -0.355 e. The highest BCUT2D eigenvalue weighted by Crippen LogP contribution is 2.21. The zero-order chi connectivity index (χ0) is 25.5. The number of hydrogen-bond donors (Lipinski definition) is 1. The van der Waals surface area contributed by atoms with Crippen LogP contribution in [-0.4, -0.2) is 26.2 Å². The van der Waals surface area contributed by atoms with Gasteiger partial charge in [-0.2, -0.15) is 5.10 Å². The standard InChI is InChI=1S/C14H15N3O.C11H13FN2.C2H6/c1-10-5-12(7-15-9-18)8-17-14(10)13-3-4-16-11(2)6-13;1-4-9(6-11(12)5-2)10-7-13-14(3)8-10;1-2/h3-6,8-9H,7H2,1-2H3,(H,15,18);4-8H,1H2,2-3H3;1-2H3/b;9-6+,11-5+;. The van der Waals surface area contributed by atoms with Crippen molar-refractivity contribution in [2.24, 2.45) is 7.05 Å². The molecule has 3 aromatic heterocycles. The van der Waals surface area contributed by atoms with Crippen LogP contribution in [0.1, 0.15) is 43.2 Å². The van der Waals surface area contributed by atoms with Crippen LogP contribution in [0, 0.1) is 13.8 Å². The molecule has 3 rings (SSSR count). The number of aryl methyl sites for hydroxylation is 3. The van der Waals surface area contributed by atoms with Crippen molar-refractivity contribution in [3.8, 4) is 11.3 Å². The van der Waals surface area contributed by atoms with Gasteiger partial charge in [-0.3, -0.25) is 19.4 Å². The number of rotatable bonds is 7. The minimum atomic E-state index is -0.274. The number of halogens is 1. The molecular weight excluding hydrogens is 429 g/mol. The quantitative estimate of drug-likeness (QED) is 0.350. The third-order valence-corrected chi connectivity index (χ3v) is 4.52. The highest BCUT2D eigenvalue weighted by atomic mass is 19.1. The number of carbonyl (C=O) groups is 1. The smallest absolute Gasteiger partial charge is 0.207 e. The van der Waals surface area contributed by atoms with Gasteiger partial charge >= 0.3 is 0 Å². The Morgan fingerprint density at radius 2 is 1.94 bits per heavy atom. The summed E-state index contributed by atoms with van der Waals surface area (Å²) in [5, 5.41) is 6.63. The molecule has 1 N–H and O–H groups in total. The Kier molecular flexibility index (Phi) is 12.5. The molecule has 0 unspecified atom stereocenters. The first kappa shape index (κ1) is 28.2. The second-order valence-corrected chi connectivity index (χ2v) is 7.07. The van der Waals surface area contributed by atoms with E-state index in [2.05, 4.69) is 27.0 Å². The van der Waals surface area contributed by atoms with Crippen LogP contribution in [0.25, 0.3) is 16.8 Å². The fourth-order valence-corrected chi connectivity index (χ4v) is 2.95. The minimum absolute atomic E-state index is 0.274. The molecule has 0 aromatic carbocycles. The molecule has 0 aliphatic heterocycles. The van der Waals surface area contributed by atoms with Gasteiger partial charge in [0, 0.05) is 49.0 Å². The molecule has 0 atom stereocenters. The second kappa shape index (κ2) is 15.1. The molecule has 0 saturated carbocycles. The van der Waals surface area contributed by atoms with Gasteiger partial charge in [0.15, 0.2) is 0 Å². The fraction of sp³-hybridized carbons (Fsp3) is 0.259. The number of carbonyl (C=O) groups excluding carboxylic acids is 1. The molecule has 34 heavy (non-hydrogen) atoms. The molecular formula is C27H34FN5O. The van der Waals surface area contributed by atoms with Crippen LogP contribution in [0.2, 0.25) is 0 Å². The Labute approximate surface area is 202 Å². The van der Waals surface area contributed by atoms with Crippen LogP contribution < -0.4 is 5.32 Å². The summed E-state index contributed by atoms with van der Waals surface area (Å²) in [6, 6.07) is 6.00. The Hall–Kier alpha value is -3.87. The first-order valence-electron chi connectivity index (χ1n) is 11.1. The molecule has 0 aliphatic carbocycles. The topological polar surface area (TPSA) is 72.7 Å². The van der Waals surface area contributed by atoms with Crippen molar-refractivity contribution >= 4 is 12.0 Å². The summed E-state index contributed by atoms with van der Waals surface area (Å²) >= 11 is 0. The fourth-order valence-electron chi connectivity index (χ4n) is 2.95. The molecule has 0 bridgehead atoms. The molecule has 0 spiro atoms. The highest BCUT2D eigenvalue weighted by molar-refractivity contribution is 5.74. The normalized spacial score (nSPS) is 10.9. The van der Waals surface area contributed by atoms with Gasteiger partial charge in [-0.15, -0.1) is 0 Å². The Morgan fingerprint density at radius 1 is 1.21 bits per heavy atom. The highest BCUT2D eigenvalue weighted by Gasteiger charge is 2.05. The van der Waals surface area contributed by atoms with Crippen molar-refractivity contribution in [3.63, 3.8) is 0 Å². The molecule has 6 nitrogen and oxygen atoms in total. The number of nitrogens with zero attached hydrogens (tertiary/aromatic N) is 4. The number of pyridine rings is 2. The van der Waals surface area contributed by atoms with E-state index >= 15 is 0 Å². The Bertz CT molecular complexity index is 1130. The summed E-state index contributed by atoms with van der Waals surface area (Å²) in [6.07, 6.45) is 12.2. The lowest BCUT2D eigenvalue weighted by molar-refractivity contribution is -0.109. The van der Waals surface area contributed by atoms with E-state index < -0.39 is 0 Å². The van der Waals surface area contributed by atoms with Crippen molar-refractivity contribution in [3.05, 3.63) is 96.0 Å². The average molecular weight is 464 g/mol. The van der Waals surface area contributed by atoms with Crippen molar-refractivity contribution < 1.29 is 9.18 Å². The van der Waals surface area contributed by atoms with Crippen LogP contribution in [-0.2, 0) is 18.4 Å². The van der Waals surface area contributed by atoms with E-state index in [0.717, 1.165) is 39.2 Å². The van der Waals surface area contributed by atoms with Gasteiger partial charge in [0.1, 0.15) is 5.83 Å². The number of amides is 1. The van der Waals surface area contributed by atoms with Crippen molar-refractivity contribution in [1.29, 1.82) is 0 Å². The molecule has 7 heteroatoms. The van der Waals surface area contributed by atoms with E-state index in [-0.39, 0.29) is 5.83 Å². The van der Waals surface area contributed by atoms with Crippen LogP contribution >= 0.6 is 0 Å². The lowest BCUT2D eigenvalue weighted by Crippen LogP contribution is -2.10. The van der Waals surface area contributed by atoms with Crippen LogP contribution in [0.5, 0.6) is 0 Å². The van der Waals surface area contributed by atoms with Gasteiger partial charge < -0.3 is 5.32 Å². The Morgan fingerprint density at radius 3 is 2.47 bits per heavy atom. The van der Waals surface area contributed by atoms with E-state index in [0.29, 0.717) is 13.0 Å². The lowest BCUT2D eigenvalue weighted by Gasteiger charge is -2.08. The molecule has 3 heterocycles. The second-order valence-electron chi connectivity index (χ2n) is 7.07. The summed E-state index contributed by atoms with van der Waals surface area (Å²) in [6.45, 7) is 13.8. The van der Waals surface area contributed by atoms with Gasteiger partial charge in [-0.05, 0) is 55.7 Å². The van der Waals surface area contributed by atoms with E-state index in [4.69, 9.17) is 0 Å². The van der Waals surface area contributed by atoms with E-state index in [1.165, 1.54) is 12.2 Å². The monoisotopic (exact) mass is 463 g/mol. The molecule has 0 aliphatic rings. The van der Waals surface area contributed by atoms with Gasteiger partial charge in [-0.25, -0.2) is 4.39 Å². The predicted molar refractivity (Wildman–Crippen MR) is 137 cm³/mol. The summed E-state index contributed by atoms with van der Waals surface area (Å²) in [4.78, 5) is 18.9. The maximum Gasteiger partial charge on any atom is 0.207 e. The molecule has 0 radical (unpaired) electrons. The molecule has 3 aromatic rings. The van der Waals surface area contributed by atoms with Crippen LogP contribution in [0.4, 0.5) is 4.39 Å². The van der Waals surface area contributed by atoms with Crippen LogP contribution in [0.15, 0.2) is 73.6 Å². The number of nitrogens with one attached hydrogen (secondary N) is 1. The van der Waals surface area contributed by atoms with Gasteiger partial charge in [0.2, 0.25) is 6.41 Å². The SMILES string of the molecule is C=C/C(=C\C(F)=C/C)c1cnn(C)c1.CC.Cc1cc(-c2ncc(CNC=O)cc2C)ccn1. The van der Waals surface area contributed by atoms with Crippen molar-refractivity contribution in [1.82, 2.24) is 25.1 Å². The number of allylic oxidation sites excluding steroid dienone is 5. The molecule has 0 fully saturated rings. The molecule has 180 valence electrons. The number of aromatic nitrogens is 4. The lowest BCUT2D eigenvalue weighted by atomic mass is 10.1. The first-order valence-corrected chi connectivity index (χ1v) is 11.1. The van der Waals surface area contributed by atoms with Gasteiger partial charge in [0.25, 0.3) is 0 Å². The third-order valence-electron chi connectivity index (χ3n) is 4.52. The van der Waals surface area contributed by atoms with Gasteiger partial charge in [-0.1, -0.05) is 38.6 Å². The summed E-state index contributed by atoms with van der Waals surface area (Å²) in [5.74, 6) is -0.274. The number of hydrogen-bond acceptors (Lipinski definition) is 4. The van der Waals surface area contributed by atoms with E-state index in [1.54, 1.807) is 36.3 Å². The maximum absolute atomic E-state index is 13.0. The van der Waals surface area contributed by atoms with Crippen LogP contribution in [0.3, 0.4) is 0 Å². The summed E-state index contributed by atoms with van der Waals surface area (Å²) in [5.41, 5.74) is 6.67. The summed E-state index contributed by atoms with van der Waals surface area (Å²) in [7, 11) is 1.82. The van der Waals surface area contributed by atoms with E-state index in [1.807, 2.05) is 59.1 Å². The first-order chi connectivity index (χ1) is 16.4. The van der Waals surface area contributed by atoms with Gasteiger partial charge in [0.05, 0.1) is 11.9 Å². The zero-order valence-corrected chi connectivity index (χ0v) is 20.8. The maximum atomic E-state index is 13.0. The Balaban J connectivity index is 0.000000326. The largest absolute Gasteiger partial charge is 0.355 e. The zero-order valence-electron chi connectivity index (χ0n) is 20.8. The average Bonchev–Trinajstić information content (AvgIpc) is 3.28. The van der Waals surface area contributed by atoms with Crippen molar-refractivity contribution in [2.75, 3.05) is 0 Å². The third kappa shape index (κ3) is 8.94. The molecule has 1 amide bonds. The van der Waals surface area contributed by atoms with Crippen molar-refractivity contribution in [2.45, 2.75) is 41.2 Å². The predicted octanol–water partition coefficient (Wildman–Crippen LogP) is 5.90. The molecule has 0 saturated heterocycles. The van der Waals surface area contributed by atoms with E-state index in [9.17, 15) is 9.18 Å². The summed E-state index contributed by atoms with van der Waals surface area (Å²) < 4.78 is 14.6.